The molecule has 4 aromatic rings. The molecule has 0 heterocycles. The molecule has 4 rings (SSSR count). The van der Waals surface area contributed by atoms with Crippen molar-refractivity contribution in [1.82, 2.24) is 0 Å². The summed E-state index contributed by atoms with van der Waals surface area (Å²) in [6.45, 7) is 1.94. The lowest BCUT2D eigenvalue weighted by molar-refractivity contribution is -0.432. The zero-order chi connectivity index (χ0) is 39.5. The number of ether oxygens (including phenoxy) is 1. The number of nitrogen functional groups attached to an aromatic ring is 1. The van der Waals surface area contributed by atoms with Gasteiger partial charge in [-0.05, 0) is 88.9 Å². The van der Waals surface area contributed by atoms with Gasteiger partial charge in [0.2, 0.25) is 0 Å². The summed E-state index contributed by atoms with van der Waals surface area (Å²) in [6, 6.07) is 14.5. The number of azo groups is 2. The van der Waals surface area contributed by atoms with E-state index in [1.165, 1.54) is 30.3 Å². The summed E-state index contributed by atoms with van der Waals surface area (Å²) in [6.07, 6.45) is 2.09. The molecule has 55 heavy (non-hydrogen) atoms. The Hall–Kier alpha value is -4.47. The van der Waals surface area contributed by atoms with E-state index in [1.54, 1.807) is 31.2 Å². The number of phenolic OH excluding ortho intramolecular Hbond substituents is 1. The third-order valence-corrected chi connectivity index (χ3v) is 10.4. The number of nitrogens with two attached hydrogens (primary N) is 1. The average Bonchev–Trinajstić information content (AvgIpc) is 3.11. The number of aromatic hydroxyl groups is 1. The molecule has 0 fully saturated rings. The van der Waals surface area contributed by atoms with Crippen molar-refractivity contribution in [3.63, 3.8) is 0 Å². The lowest BCUT2D eigenvalue weighted by Crippen LogP contribution is -2.15. The zero-order valence-corrected chi connectivity index (χ0v) is 31.9. The van der Waals surface area contributed by atoms with Gasteiger partial charge in [-0.3, -0.25) is 14.0 Å². The van der Waals surface area contributed by atoms with Crippen LogP contribution >= 0.6 is 23.8 Å². The summed E-state index contributed by atoms with van der Waals surface area (Å²) in [7, 11) is -13.3. The van der Waals surface area contributed by atoms with Gasteiger partial charge in [-0.15, -0.1) is 14.6 Å². The van der Waals surface area contributed by atoms with Crippen molar-refractivity contribution in [3.8, 4) is 17.1 Å². The third-order valence-electron chi connectivity index (χ3n) is 6.59. The van der Waals surface area contributed by atoms with Gasteiger partial charge in [0.05, 0.1) is 45.1 Å². The maximum Gasteiger partial charge on any atom is 0.433 e. The van der Waals surface area contributed by atoms with Gasteiger partial charge in [0.1, 0.15) is 22.2 Å². The number of anilines is 1. The van der Waals surface area contributed by atoms with Crippen molar-refractivity contribution in [2.75, 3.05) is 24.0 Å². The van der Waals surface area contributed by atoms with Gasteiger partial charge in [-0.1, -0.05) is 17.2 Å². The Labute approximate surface area is 321 Å². The van der Waals surface area contributed by atoms with Gasteiger partial charge in [0.15, 0.2) is 21.7 Å². The number of benzene rings is 4. The van der Waals surface area contributed by atoms with Crippen molar-refractivity contribution in [3.05, 3.63) is 66.2 Å². The highest BCUT2D eigenvalue weighted by molar-refractivity contribution is 8.04. The maximum atomic E-state index is 12.4. The van der Waals surface area contributed by atoms with E-state index in [1.807, 2.05) is 6.11 Å². The first-order valence-electron chi connectivity index (χ1n) is 14.6. The van der Waals surface area contributed by atoms with Crippen LogP contribution in [0.2, 0.25) is 0 Å². The highest BCUT2D eigenvalue weighted by Crippen LogP contribution is 2.49. The number of rotatable bonds is 17. The molecular formula is C29H29N5O16S5. The Kier molecular flexibility index (Phi) is 16.3. The molecule has 0 aromatic heterocycles. The van der Waals surface area contributed by atoms with Crippen LogP contribution < -0.4 is 5.73 Å². The normalized spacial score (nSPS) is 12.1. The van der Waals surface area contributed by atoms with Crippen LogP contribution in [0, 0.1) is 11.4 Å². The molecule has 0 aliphatic carbocycles. The van der Waals surface area contributed by atoms with Crippen LogP contribution in [0.15, 0.2) is 95.8 Å². The highest BCUT2D eigenvalue weighted by atomic mass is 32.3. The van der Waals surface area contributed by atoms with Crippen LogP contribution in [0.1, 0.15) is 12.5 Å². The van der Waals surface area contributed by atoms with E-state index in [4.69, 9.17) is 20.3 Å². The number of sulfone groups is 1. The monoisotopic (exact) mass is 863 g/mol. The minimum atomic E-state index is -5.03. The van der Waals surface area contributed by atoms with Crippen LogP contribution in [0.3, 0.4) is 0 Å². The minimum absolute atomic E-state index is 0. The van der Waals surface area contributed by atoms with Gasteiger partial charge in [0, 0.05) is 16.8 Å². The smallest absolute Gasteiger partial charge is 0.433 e. The summed E-state index contributed by atoms with van der Waals surface area (Å²) in [5, 5.41) is 42.0. The summed E-state index contributed by atoms with van der Waals surface area (Å²) in [5.41, 5.74) is 6.44. The molecule has 8 N–H and O–H groups in total. The van der Waals surface area contributed by atoms with Crippen LogP contribution in [-0.2, 0) is 60.1 Å². The van der Waals surface area contributed by atoms with Gasteiger partial charge >= 0.3 is 10.4 Å². The van der Waals surface area contributed by atoms with Crippen molar-refractivity contribution in [2.24, 2.45) is 20.5 Å². The summed E-state index contributed by atoms with van der Waals surface area (Å²) < 4.78 is 102. The van der Waals surface area contributed by atoms with Crippen LogP contribution in [0.4, 0.5) is 28.4 Å². The molecule has 296 valence electrons. The fourth-order valence-electron chi connectivity index (χ4n) is 4.25. The first-order valence-corrected chi connectivity index (χ1v) is 20.7. The molecule has 0 spiro atoms. The average molecular weight is 864 g/mol. The molecule has 0 saturated heterocycles. The predicted octanol–water partition coefficient (Wildman–Crippen LogP) is 5.52. The second-order valence-electron chi connectivity index (χ2n) is 10.3. The van der Waals surface area contributed by atoms with E-state index < -0.39 is 52.6 Å². The predicted molar refractivity (Wildman–Crippen MR) is 197 cm³/mol. The number of fused-ring (bicyclic) bond motifs is 1. The summed E-state index contributed by atoms with van der Waals surface area (Å²) in [5.74, 6) is -1.36. The number of hydrogen-bond acceptors (Lipinski definition) is 20. The van der Waals surface area contributed by atoms with E-state index in [9.17, 15) is 34.9 Å². The number of nitrogens with zero attached hydrogens (tertiary/aromatic N) is 4. The number of thioether (sulfide) groups is 1. The summed E-state index contributed by atoms with van der Waals surface area (Å²) in [4.78, 5) is 3.74. The van der Waals surface area contributed by atoms with Crippen LogP contribution in [-0.4, -0.2) is 68.5 Å². The Morgan fingerprint density at radius 2 is 1.49 bits per heavy atom. The van der Waals surface area contributed by atoms with Gasteiger partial charge in [-0.25, -0.2) is 13.7 Å². The highest BCUT2D eigenvalue weighted by Gasteiger charge is 2.26. The molecule has 0 aliphatic heterocycles. The van der Waals surface area contributed by atoms with E-state index in [2.05, 4.69) is 44.3 Å². The maximum absolute atomic E-state index is 12.4. The Morgan fingerprint density at radius 1 is 0.873 bits per heavy atom. The van der Waals surface area contributed by atoms with E-state index in [0.29, 0.717) is 22.5 Å². The SMILES string of the molecule is CCOCS(=O)(=O)CCc1ccc(N=Nc2c(S(=O)(=O)O)cc3cc(SOOO)c(N=Nc4ccc(SC#COOS(=O)(=O)O)cc4)c(N)c3c2O)cc1.O. The first-order chi connectivity index (χ1) is 25.5. The Balaban J connectivity index is 0.00000812. The lowest BCUT2D eigenvalue weighted by atomic mass is 10.1. The minimum Gasteiger partial charge on any atom is -0.505 e. The molecule has 0 bridgehead atoms. The van der Waals surface area contributed by atoms with E-state index >= 15 is 0 Å². The largest absolute Gasteiger partial charge is 0.505 e. The number of aryl methyl sites for hydroxylation is 1. The van der Waals surface area contributed by atoms with Gasteiger partial charge in [-0.2, -0.15) is 27.1 Å². The molecule has 21 nitrogen and oxygen atoms in total. The van der Waals surface area contributed by atoms with Gasteiger partial charge in [0.25, 0.3) is 10.1 Å². The molecule has 0 saturated carbocycles. The van der Waals surface area contributed by atoms with E-state index in [-0.39, 0.29) is 62.7 Å². The second kappa shape index (κ2) is 19.9. The molecule has 0 amide bonds. The molecule has 0 aliphatic rings. The second-order valence-corrected chi connectivity index (χ2v) is 16.4. The molecular weight excluding hydrogens is 835 g/mol. The standard InChI is InChI=1S/C29H27N5O15S5.H2O/c1-2-45-17-52(37,38)14-11-18-3-5-20(6-4-18)32-34-28-24(53(39,40)41)16-19-15-23(51-48-47-36)27(26(30)25(19)29(28)35)33-31-21-7-9-22(10-8-21)50-13-12-46-49-54(42,43)44;/h3-10,15-16,35-36H,2,11,14,17,30H2,1H3,(H,39,40,41)(H,42,43,44);1H2. The van der Waals surface area contributed by atoms with Crippen molar-refractivity contribution in [1.29, 1.82) is 0 Å². The first kappa shape index (κ1) is 44.9. The van der Waals surface area contributed by atoms with Crippen molar-refractivity contribution < 1.29 is 73.5 Å². The fourth-order valence-corrected chi connectivity index (χ4v) is 7.09. The fraction of sp³-hybridized carbons (Fsp3) is 0.172. The number of hydrogen-bond donors (Lipinski definition) is 5. The quantitative estimate of drug-likeness (QED) is 0.0127. The van der Waals surface area contributed by atoms with Crippen LogP contribution in [0.25, 0.3) is 10.8 Å². The lowest BCUT2D eigenvalue weighted by Gasteiger charge is -2.14. The topological polar surface area (TPSA) is 336 Å². The molecule has 0 atom stereocenters. The third kappa shape index (κ3) is 13.4. The Morgan fingerprint density at radius 3 is 2.07 bits per heavy atom. The van der Waals surface area contributed by atoms with Crippen molar-refractivity contribution in [2.45, 2.75) is 28.0 Å². The van der Waals surface area contributed by atoms with Crippen LogP contribution in [0.5, 0.6) is 5.75 Å². The molecule has 26 heteroatoms. The Bertz CT molecular complexity index is 2440. The molecule has 0 unspecified atom stereocenters. The zero-order valence-electron chi connectivity index (χ0n) is 27.8. The van der Waals surface area contributed by atoms with E-state index in [0.717, 1.165) is 17.8 Å². The molecule has 0 radical (unpaired) electrons. The van der Waals surface area contributed by atoms with Crippen molar-refractivity contribution >= 4 is 93.4 Å². The number of phenols is 1. The summed E-state index contributed by atoms with van der Waals surface area (Å²) >= 11 is 1.30. The molecule has 4 aromatic carbocycles. The van der Waals surface area contributed by atoms with Gasteiger partial charge < -0.3 is 21.1 Å².